The lowest BCUT2D eigenvalue weighted by molar-refractivity contribution is -0.143. The molecule has 0 atom stereocenters. The van der Waals surface area contributed by atoms with Gasteiger partial charge in [0.1, 0.15) is 0 Å². The number of benzene rings is 1. The molecule has 1 aromatic carbocycles. The molecule has 2 nitrogen and oxygen atoms in total. The van der Waals surface area contributed by atoms with Crippen LogP contribution in [-0.2, 0) is 4.74 Å². The molecular weight excluding hydrogens is 226 g/mol. The Kier molecular flexibility index (Phi) is 2.41. The maximum absolute atomic E-state index is 12.9. The van der Waals surface area contributed by atoms with Crippen LogP contribution < -0.4 is 0 Å². The van der Waals surface area contributed by atoms with Gasteiger partial charge in [0, 0.05) is 5.56 Å². The van der Waals surface area contributed by atoms with Crippen LogP contribution >= 0.6 is 0 Å². The van der Waals surface area contributed by atoms with E-state index >= 15 is 0 Å². The molecule has 1 aliphatic rings. The maximum atomic E-state index is 12.9. The Morgan fingerprint density at radius 2 is 1.75 bits per heavy atom. The van der Waals surface area contributed by atoms with E-state index in [-0.39, 0.29) is 5.56 Å². The van der Waals surface area contributed by atoms with Gasteiger partial charge in [-0.15, -0.1) is 0 Å². The zero-order valence-corrected chi connectivity index (χ0v) is 7.75. The van der Waals surface area contributed by atoms with Gasteiger partial charge in [-0.3, -0.25) is 0 Å². The van der Waals surface area contributed by atoms with Gasteiger partial charge in [-0.05, 0) is 12.1 Å². The van der Waals surface area contributed by atoms with E-state index in [9.17, 15) is 17.6 Å². The third kappa shape index (κ3) is 1.78. The predicted octanol–water partition coefficient (Wildman–Crippen LogP) is 3.16. The fraction of sp³-hybridized carbons (Fsp3) is 0.100. The van der Waals surface area contributed by atoms with Gasteiger partial charge >= 0.3 is 12.2 Å². The summed E-state index contributed by atoms with van der Waals surface area (Å²) in [6.07, 6.45) is -6.61. The Balaban J connectivity index is 2.42. The van der Waals surface area contributed by atoms with E-state index in [0.29, 0.717) is 0 Å². The molecule has 0 N–H and O–H groups in total. The lowest BCUT2D eigenvalue weighted by atomic mass is 10.2. The highest BCUT2D eigenvalue weighted by molar-refractivity contribution is 5.96. The summed E-state index contributed by atoms with van der Waals surface area (Å²) < 4.78 is 54.2. The first-order valence-electron chi connectivity index (χ1n) is 4.27. The lowest BCUT2D eigenvalue weighted by Crippen LogP contribution is -2.20. The van der Waals surface area contributed by atoms with Gasteiger partial charge in [-0.1, -0.05) is 18.2 Å². The normalized spacial score (nSPS) is 18.0. The highest BCUT2D eigenvalue weighted by Crippen LogP contribution is 2.36. The van der Waals surface area contributed by atoms with Crippen molar-refractivity contribution in [3.63, 3.8) is 0 Å². The van der Waals surface area contributed by atoms with Crippen molar-refractivity contribution in [1.29, 1.82) is 0 Å². The molecule has 2 rings (SSSR count). The number of nitrogens with zero attached hydrogens (tertiary/aromatic N) is 1. The first kappa shape index (κ1) is 10.7. The second kappa shape index (κ2) is 3.62. The zero-order valence-electron chi connectivity index (χ0n) is 7.75. The number of rotatable bonds is 1. The first-order valence-corrected chi connectivity index (χ1v) is 4.27. The molecule has 1 aliphatic heterocycles. The minimum atomic E-state index is -4.07. The molecule has 0 spiro atoms. The fourth-order valence-corrected chi connectivity index (χ4v) is 1.22. The number of ether oxygens (including phenoxy) is 1. The van der Waals surface area contributed by atoms with Gasteiger partial charge in [0.05, 0.1) is 0 Å². The van der Waals surface area contributed by atoms with Crippen molar-refractivity contribution in [1.82, 2.24) is 0 Å². The molecule has 0 saturated carbocycles. The maximum Gasteiger partial charge on any atom is 0.451 e. The van der Waals surface area contributed by atoms with Crippen LogP contribution in [0.3, 0.4) is 0 Å². The summed E-state index contributed by atoms with van der Waals surface area (Å²) in [6.45, 7) is 0. The Hall–Kier alpha value is -1.85. The average molecular weight is 231 g/mol. The van der Waals surface area contributed by atoms with E-state index in [2.05, 4.69) is 9.73 Å². The van der Waals surface area contributed by atoms with Gasteiger partial charge in [-0.25, -0.2) is 4.99 Å². The van der Waals surface area contributed by atoms with Gasteiger partial charge in [0.15, 0.2) is 0 Å². The zero-order chi connectivity index (χ0) is 11.8. The SMILES string of the molecule is FC(F)=C1N=C(c2ccccc2)OC1(F)F. The van der Waals surface area contributed by atoms with Crippen LogP contribution in [0.25, 0.3) is 0 Å². The van der Waals surface area contributed by atoms with Gasteiger partial charge < -0.3 is 4.74 Å². The largest absolute Gasteiger partial charge is 0.451 e. The summed E-state index contributed by atoms with van der Waals surface area (Å²) >= 11 is 0. The molecule has 16 heavy (non-hydrogen) atoms. The van der Waals surface area contributed by atoms with E-state index in [1.165, 1.54) is 12.1 Å². The average Bonchev–Trinajstić information content (AvgIpc) is 2.56. The smallest absolute Gasteiger partial charge is 0.409 e. The second-order valence-electron chi connectivity index (χ2n) is 3.01. The monoisotopic (exact) mass is 231 g/mol. The van der Waals surface area contributed by atoms with Gasteiger partial charge in [0.2, 0.25) is 11.6 Å². The molecule has 0 bridgehead atoms. The molecular formula is C10H5F4NO. The summed E-state index contributed by atoms with van der Waals surface area (Å²) in [5.41, 5.74) is -1.41. The van der Waals surface area contributed by atoms with Crippen LogP contribution in [0.2, 0.25) is 0 Å². The summed E-state index contributed by atoms with van der Waals surface area (Å²) in [4.78, 5) is 3.08. The van der Waals surface area contributed by atoms with E-state index in [4.69, 9.17) is 0 Å². The summed E-state index contributed by atoms with van der Waals surface area (Å²) in [6, 6.07) is 7.66. The van der Waals surface area contributed by atoms with Crippen LogP contribution in [-0.4, -0.2) is 12.0 Å². The summed E-state index contributed by atoms with van der Waals surface area (Å²) in [5, 5.41) is 0. The van der Waals surface area contributed by atoms with Crippen LogP contribution in [0.15, 0.2) is 47.1 Å². The number of halogens is 4. The van der Waals surface area contributed by atoms with Crippen LogP contribution in [0.1, 0.15) is 5.56 Å². The number of hydrogen-bond acceptors (Lipinski definition) is 2. The third-order valence-electron chi connectivity index (χ3n) is 1.91. The molecule has 84 valence electrons. The van der Waals surface area contributed by atoms with Crippen molar-refractivity contribution in [3.8, 4) is 0 Å². The highest BCUT2D eigenvalue weighted by Gasteiger charge is 2.47. The molecule has 0 fully saturated rings. The van der Waals surface area contributed by atoms with E-state index in [0.717, 1.165) is 0 Å². The van der Waals surface area contributed by atoms with Crippen molar-refractivity contribution in [2.45, 2.75) is 6.11 Å². The van der Waals surface area contributed by atoms with Crippen molar-refractivity contribution in [2.75, 3.05) is 0 Å². The minimum Gasteiger partial charge on any atom is -0.409 e. The molecule has 0 radical (unpaired) electrons. The predicted molar refractivity (Wildman–Crippen MR) is 48.3 cm³/mol. The van der Waals surface area contributed by atoms with Crippen molar-refractivity contribution in [3.05, 3.63) is 47.7 Å². The molecule has 1 aromatic rings. The number of alkyl halides is 2. The lowest BCUT2D eigenvalue weighted by Gasteiger charge is -2.09. The Morgan fingerprint density at radius 3 is 2.25 bits per heavy atom. The van der Waals surface area contributed by atoms with Crippen molar-refractivity contribution >= 4 is 5.90 Å². The molecule has 0 unspecified atom stereocenters. The second-order valence-corrected chi connectivity index (χ2v) is 3.01. The molecule has 0 aromatic heterocycles. The molecule has 0 amide bonds. The fourth-order valence-electron chi connectivity index (χ4n) is 1.22. The minimum absolute atomic E-state index is 0.221. The summed E-state index contributed by atoms with van der Waals surface area (Å²) in [7, 11) is 0. The highest BCUT2D eigenvalue weighted by atomic mass is 19.3. The van der Waals surface area contributed by atoms with Gasteiger partial charge in [0.25, 0.3) is 0 Å². The standard InChI is InChI=1S/C10H5F4NO/c11-8(12)7-10(13,14)16-9(15-7)6-4-2-1-3-5-6/h1-5H. The Morgan fingerprint density at radius 1 is 1.12 bits per heavy atom. The van der Waals surface area contributed by atoms with E-state index in [1.54, 1.807) is 18.2 Å². The van der Waals surface area contributed by atoms with Crippen molar-refractivity contribution < 1.29 is 22.3 Å². The first-order chi connectivity index (χ1) is 7.50. The molecule has 0 aliphatic carbocycles. The summed E-state index contributed by atoms with van der Waals surface area (Å²) in [5.74, 6) is -0.506. The molecule has 0 saturated heterocycles. The van der Waals surface area contributed by atoms with Crippen LogP contribution in [0, 0.1) is 0 Å². The molecule has 1 heterocycles. The quantitative estimate of drug-likeness (QED) is 0.680. The van der Waals surface area contributed by atoms with Crippen LogP contribution in [0.4, 0.5) is 17.6 Å². The Bertz CT molecular complexity index is 463. The molecule has 6 heteroatoms. The van der Waals surface area contributed by atoms with Crippen molar-refractivity contribution in [2.24, 2.45) is 4.99 Å². The number of aliphatic imine (C=N–C) groups is 1. The number of hydrogen-bond donors (Lipinski definition) is 0. The van der Waals surface area contributed by atoms with Gasteiger partial charge in [-0.2, -0.15) is 17.6 Å². The van der Waals surface area contributed by atoms with Crippen LogP contribution in [0.5, 0.6) is 0 Å². The third-order valence-corrected chi connectivity index (χ3v) is 1.91. The Labute approximate surface area is 87.9 Å². The van der Waals surface area contributed by atoms with E-state index < -0.39 is 23.8 Å². The van der Waals surface area contributed by atoms with E-state index in [1.807, 2.05) is 0 Å². The topological polar surface area (TPSA) is 21.6 Å².